The lowest BCUT2D eigenvalue weighted by atomic mass is 9.72. The number of esters is 1. The van der Waals surface area contributed by atoms with Crippen LogP contribution in [0, 0.1) is 5.82 Å². The molecular weight excluding hydrogens is 209 g/mol. The van der Waals surface area contributed by atoms with E-state index in [1.165, 1.54) is 19.2 Å². The lowest BCUT2D eigenvalue weighted by molar-refractivity contribution is -0.142. The summed E-state index contributed by atoms with van der Waals surface area (Å²) in [5, 5.41) is 3.12. The van der Waals surface area contributed by atoms with Crippen LogP contribution in [0.4, 0.5) is 4.39 Å². The normalized spacial score (nSPS) is 17.6. The first-order valence-electron chi connectivity index (χ1n) is 5.20. The highest BCUT2D eigenvalue weighted by Crippen LogP contribution is 2.32. The Morgan fingerprint density at radius 2 is 2.31 bits per heavy atom. The van der Waals surface area contributed by atoms with Gasteiger partial charge in [0.1, 0.15) is 5.82 Å². The van der Waals surface area contributed by atoms with E-state index in [9.17, 15) is 9.18 Å². The van der Waals surface area contributed by atoms with E-state index in [1.807, 2.05) is 6.07 Å². The largest absolute Gasteiger partial charge is 0.469 e. The van der Waals surface area contributed by atoms with Crippen LogP contribution in [-0.4, -0.2) is 26.2 Å². The lowest BCUT2D eigenvalue weighted by Crippen LogP contribution is -2.57. The van der Waals surface area contributed by atoms with Crippen molar-refractivity contribution in [2.24, 2.45) is 0 Å². The topological polar surface area (TPSA) is 38.3 Å². The Morgan fingerprint density at radius 3 is 2.81 bits per heavy atom. The van der Waals surface area contributed by atoms with Crippen LogP contribution in [0.25, 0.3) is 0 Å². The van der Waals surface area contributed by atoms with Crippen molar-refractivity contribution in [3.05, 3.63) is 35.6 Å². The molecule has 0 aliphatic carbocycles. The SMILES string of the molecule is COC(=O)CC1(c2cccc(F)c2)CNC1. The van der Waals surface area contributed by atoms with Crippen LogP contribution in [0.3, 0.4) is 0 Å². The summed E-state index contributed by atoms with van der Waals surface area (Å²) in [6.45, 7) is 1.37. The Kier molecular flexibility index (Phi) is 2.92. The maximum Gasteiger partial charge on any atom is 0.306 e. The molecule has 0 amide bonds. The zero-order chi connectivity index (χ0) is 11.6. The van der Waals surface area contributed by atoms with Gasteiger partial charge in [0.2, 0.25) is 0 Å². The summed E-state index contributed by atoms with van der Waals surface area (Å²) in [4.78, 5) is 11.3. The van der Waals surface area contributed by atoms with Crippen LogP contribution >= 0.6 is 0 Å². The Labute approximate surface area is 93.6 Å². The second-order valence-corrected chi connectivity index (χ2v) is 4.15. The first-order chi connectivity index (χ1) is 7.66. The van der Waals surface area contributed by atoms with Gasteiger partial charge in [-0.25, -0.2) is 4.39 Å². The molecule has 1 N–H and O–H groups in total. The molecule has 1 aromatic rings. The van der Waals surface area contributed by atoms with E-state index in [0.717, 1.165) is 5.56 Å². The molecule has 0 saturated carbocycles. The third kappa shape index (κ3) is 1.93. The molecule has 0 spiro atoms. The van der Waals surface area contributed by atoms with Crippen molar-refractivity contribution in [3.8, 4) is 0 Å². The summed E-state index contributed by atoms with van der Waals surface area (Å²) in [5.74, 6) is -0.528. The zero-order valence-corrected chi connectivity index (χ0v) is 9.13. The van der Waals surface area contributed by atoms with Crippen molar-refractivity contribution in [1.29, 1.82) is 0 Å². The lowest BCUT2D eigenvalue weighted by Gasteiger charge is -2.42. The van der Waals surface area contributed by atoms with Gasteiger partial charge < -0.3 is 10.1 Å². The molecule has 3 nitrogen and oxygen atoms in total. The molecule has 0 atom stereocenters. The summed E-state index contributed by atoms with van der Waals surface area (Å²) in [6, 6.07) is 6.42. The van der Waals surface area contributed by atoms with Crippen LogP contribution in [0.5, 0.6) is 0 Å². The van der Waals surface area contributed by atoms with E-state index in [1.54, 1.807) is 6.07 Å². The molecular formula is C12H14FNO2. The highest BCUT2D eigenvalue weighted by Gasteiger charge is 2.41. The van der Waals surface area contributed by atoms with Gasteiger partial charge in [-0.1, -0.05) is 12.1 Å². The van der Waals surface area contributed by atoms with E-state index < -0.39 is 0 Å². The first kappa shape index (κ1) is 11.1. The number of hydrogen-bond acceptors (Lipinski definition) is 3. The molecule has 1 aromatic carbocycles. The molecule has 16 heavy (non-hydrogen) atoms. The van der Waals surface area contributed by atoms with Crippen LogP contribution in [0.1, 0.15) is 12.0 Å². The fourth-order valence-corrected chi connectivity index (χ4v) is 2.02. The molecule has 0 radical (unpaired) electrons. The van der Waals surface area contributed by atoms with Gasteiger partial charge in [0.15, 0.2) is 0 Å². The number of nitrogens with one attached hydrogen (secondary N) is 1. The van der Waals surface area contributed by atoms with E-state index in [4.69, 9.17) is 0 Å². The molecule has 1 aliphatic heterocycles. The Bertz CT molecular complexity index is 402. The second-order valence-electron chi connectivity index (χ2n) is 4.15. The maximum absolute atomic E-state index is 13.1. The molecule has 1 saturated heterocycles. The summed E-state index contributed by atoms with van der Waals surface area (Å²) in [7, 11) is 1.37. The molecule has 0 aromatic heterocycles. The minimum Gasteiger partial charge on any atom is -0.469 e. The first-order valence-corrected chi connectivity index (χ1v) is 5.20. The number of methoxy groups -OCH3 is 1. The van der Waals surface area contributed by atoms with E-state index in [-0.39, 0.29) is 17.2 Å². The predicted octanol–water partition coefficient (Wildman–Crippen LogP) is 1.23. The van der Waals surface area contributed by atoms with E-state index in [0.29, 0.717) is 19.5 Å². The van der Waals surface area contributed by atoms with Crippen LogP contribution < -0.4 is 5.32 Å². The van der Waals surface area contributed by atoms with Gasteiger partial charge in [-0.05, 0) is 17.7 Å². The minimum atomic E-state index is -0.296. The average molecular weight is 223 g/mol. The third-order valence-corrected chi connectivity index (χ3v) is 3.07. The van der Waals surface area contributed by atoms with Crippen LogP contribution in [-0.2, 0) is 14.9 Å². The third-order valence-electron chi connectivity index (χ3n) is 3.07. The van der Waals surface area contributed by atoms with Gasteiger partial charge in [-0.2, -0.15) is 0 Å². The van der Waals surface area contributed by atoms with Crippen molar-refractivity contribution in [2.45, 2.75) is 11.8 Å². The van der Waals surface area contributed by atoms with Crippen molar-refractivity contribution in [3.63, 3.8) is 0 Å². The highest BCUT2D eigenvalue weighted by molar-refractivity contribution is 5.72. The van der Waals surface area contributed by atoms with Gasteiger partial charge in [-0.3, -0.25) is 4.79 Å². The minimum absolute atomic E-state index is 0.259. The van der Waals surface area contributed by atoms with Gasteiger partial charge in [0.25, 0.3) is 0 Å². The quantitative estimate of drug-likeness (QED) is 0.783. The predicted molar refractivity (Wildman–Crippen MR) is 57.6 cm³/mol. The van der Waals surface area contributed by atoms with Crippen molar-refractivity contribution >= 4 is 5.97 Å². The number of benzene rings is 1. The van der Waals surface area contributed by atoms with Gasteiger partial charge in [0.05, 0.1) is 13.5 Å². The number of hydrogen-bond donors (Lipinski definition) is 1. The second kappa shape index (κ2) is 4.22. The number of carbonyl (C=O) groups is 1. The molecule has 1 aliphatic rings. The Hall–Kier alpha value is -1.42. The fraction of sp³-hybridized carbons (Fsp3) is 0.417. The molecule has 1 fully saturated rings. The van der Waals surface area contributed by atoms with Crippen molar-refractivity contribution < 1.29 is 13.9 Å². The van der Waals surface area contributed by atoms with Crippen LogP contribution in [0.15, 0.2) is 24.3 Å². The fourth-order valence-electron chi connectivity index (χ4n) is 2.02. The molecule has 2 rings (SSSR count). The Balaban J connectivity index is 2.24. The standard InChI is InChI=1S/C12H14FNO2/c1-16-11(15)6-12(7-14-8-12)9-3-2-4-10(13)5-9/h2-5,14H,6-8H2,1H3. The molecule has 1 heterocycles. The van der Waals surface area contributed by atoms with E-state index >= 15 is 0 Å². The summed E-state index contributed by atoms with van der Waals surface area (Å²) in [5.41, 5.74) is 0.562. The van der Waals surface area contributed by atoms with Gasteiger partial charge in [-0.15, -0.1) is 0 Å². The summed E-state index contributed by atoms with van der Waals surface area (Å²) in [6.07, 6.45) is 0.292. The smallest absolute Gasteiger partial charge is 0.306 e. The number of ether oxygens (including phenoxy) is 1. The summed E-state index contributed by atoms with van der Waals surface area (Å²) < 4.78 is 17.8. The van der Waals surface area contributed by atoms with Crippen molar-refractivity contribution in [2.75, 3.05) is 20.2 Å². The molecule has 0 bridgehead atoms. The van der Waals surface area contributed by atoms with Gasteiger partial charge >= 0.3 is 5.97 Å². The average Bonchev–Trinajstić information content (AvgIpc) is 2.23. The summed E-state index contributed by atoms with van der Waals surface area (Å²) >= 11 is 0. The maximum atomic E-state index is 13.1. The molecule has 86 valence electrons. The van der Waals surface area contributed by atoms with Crippen molar-refractivity contribution in [1.82, 2.24) is 5.32 Å². The number of carbonyl (C=O) groups excluding carboxylic acids is 1. The monoisotopic (exact) mass is 223 g/mol. The number of rotatable bonds is 3. The van der Waals surface area contributed by atoms with Gasteiger partial charge in [0, 0.05) is 18.5 Å². The molecule has 4 heteroatoms. The molecule has 0 unspecified atom stereocenters. The highest BCUT2D eigenvalue weighted by atomic mass is 19.1. The van der Waals surface area contributed by atoms with Crippen LogP contribution in [0.2, 0.25) is 0 Å². The van der Waals surface area contributed by atoms with E-state index in [2.05, 4.69) is 10.1 Å². The number of halogens is 1. The zero-order valence-electron chi connectivity index (χ0n) is 9.13. The Morgan fingerprint density at radius 1 is 1.56 bits per heavy atom.